The molecule has 232 valence electrons. The average molecular weight is 597 g/mol. The van der Waals surface area contributed by atoms with E-state index < -0.39 is 0 Å². The molecule has 8 nitrogen and oxygen atoms in total. The molecule has 44 heavy (non-hydrogen) atoms. The Morgan fingerprint density at radius 3 is 2.16 bits per heavy atom. The number of carbonyl (C=O) groups is 1. The Hall–Kier alpha value is -4.40. The predicted octanol–water partition coefficient (Wildman–Crippen LogP) is 6.37. The molecule has 0 aliphatic carbocycles. The highest BCUT2D eigenvalue weighted by molar-refractivity contribution is 5.75. The second-order valence-electron chi connectivity index (χ2n) is 11.8. The van der Waals surface area contributed by atoms with Crippen molar-refractivity contribution in [2.45, 2.75) is 46.0 Å². The second kappa shape index (κ2) is 15.4. The van der Waals surface area contributed by atoms with Crippen molar-refractivity contribution in [2.75, 3.05) is 38.2 Å². The van der Waals surface area contributed by atoms with Gasteiger partial charge in [0.2, 0.25) is 0 Å². The van der Waals surface area contributed by atoms with Crippen molar-refractivity contribution in [3.8, 4) is 28.4 Å². The van der Waals surface area contributed by atoms with Gasteiger partial charge < -0.3 is 24.4 Å². The number of phenolic OH excluding ortho intramolecular Hbond substituents is 1. The highest BCUT2D eigenvalue weighted by Crippen LogP contribution is 2.39. The molecule has 0 radical (unpaired) electrons. The Labute approximate surface area is 261 Å². The van der Waals surface area contributed by atoms with Crippen LogP contribution in [0.3, 0.4) is 0 Å². The Bertz CT molecular complexity index is 1460. The van der Waals surface area contributed by atoms with Gasteiger partial charge in [-0.3, -0.25) is 0 Å². The number of pyridine rings is 1. The number of benzene rings is 3. The number of aromatic nitrogens is 1. The smallest absolute Gasteiger partial charge is 0.168 e. The van der Waals surface area contributed by atoms with E-state index in [0.717, 1.165) is 67.8 Å². The molecule has 0 amide bonds. The summed E-state index contributed by atoms with van der Waals surface area (Å²) >= 11 is 0. The number of piperazine rings is 1. The molecule has 2 N–H and O–H groups in total. The Balaban J connectivity index is 0.00000141. The van der Waals surface area contributed by atoms with E-state index in [4.69, 9.17) is 14.4 Å². The van der Waals surface area contributed by atoms with Crippen LogP contribution in [0.2, 0.25) is 0 Å². The number of hydrogen-bond donors (Lipinski definition) is 2. The summed E-state index contributed by atoms with van der Waals surface area (Å²) in [5.74, 6) is 2.33. The van der Waals surface area contributed by atoms with Crippen LogP contribution >= 0.6 is 0 Å². The summed E-state index contributed by atoms with van der Waals surface area (Å²) in [5.41, 5.74) is 8.69. The van der Waals surface area contributed by atoms with Crippen LogP contribution in [0.1, 0.15) is 44.4 Å². The zero-order valence-electron chi connectivity index (χ0n) is 26.4. The van der Waals surface area contributed by atoms with E-state index in [-0.39, 0.29) is 11.2 Å². The molecule has 3 aromatic carbocycles. The van der Waals surface area contributed by atoms with Crippen molar-refractivity contribution in [1.29, 1.82) is 0 Å². The predicted molar refractivity (Wildman–Crippen MR) is 176 cm³/mol. The van der Waals surface area contributed by atoms with Gasteiger partial charge in [-0.2, -0.15) is 0 Å². The lowest BCUT2D eigenvalue weighted by atomic mass is 9.86. The van der Waals surface area contributed by atoms with Gasteiger partial charge in [0.1, 0.15) is 17.9 Å². The number of nitrogens with one attached hydrogen (secondary N) is 1. The van der Waals surface area contributed by atoms with E-state index in [0.29, 0.717) is 11.5 Å². The third-order valence-corrected chi connectivity index (χ3v) is 7.57. The van der Waals surface area contributed by atoms with Crippen molar-refractivity contribution in [1.82, 2.24) is 15.6 Å². The first-order valence-corrected chi connectivity index (χ1v) is 15.0. The number of rotatable bonds is 9. The molecule has 0 atom stereocenters. The summed E-state index contributed by atoms with van der Waals surface area (Å²) in [5, 5.41) is 12.8. The summed E-state index contributed by atoms with van der Waals surface area (Å²) in [6.45, 7) is 11.5. The third kappa shape index (κ3) is 8.81. The molecule has 1 aliphatic rings. The highest BCUT2D eigenvalue weighted by atomic mass is 16.7. The lowest BCUT2D eigenvalue weighted by Gasteiger charge is -2.34. The molecule has 8 heteroatoms. The van der Waals surface area contributed by atoms with Crippen molar-refractivity contribution < 1.29 is 19.5 Å². The number of aromatic hydroxyl groups is 1. The van der Waals surface area contributed by atoms with Crippen LogP contribution in [-0.2, 0) is 23.1 Å². The number of nitrogens with zero attached hydrogens (tertiary/aromatic N) is 3. The van der Waals surface area contributed by atoms with Gasteiger partial charge in [0, 0.05) is 37.9 Å². The van der Waals surface area contributed by atoms with E-state index in [9.17, 15) is 5.11 Å². The van der Waals surface area contributed by atoms with Gasteiger partial charge >= 0.3 is 0 Å². The first kappa shape index (κ1) is 32.5. The summed E-state index contributed by atoms with van der Waals surface area (Å²) in [4.78, 5) is 21.4. The molecule has 5 rings (SSSR count). The minimum absolute atomic E-state index is 0.141. The van der Waals surface area contributed by atoms with E-state index in [1.807, 2.05) is 48.7 Å². The maximum Gasteiger partial charge on any atom is 0.168 e. The average Bonchev–Trinajstić information content (AvgIpc) is 3.03. The lowest BCUT2D eigenvalue weighted by Crippen LogP contribution is -2.53. The molecule has 1 fully saturated rings. The van der Waals surface area contributed by atoms with Crippen LogP contribution in [0.5, 0.6) is 17.2 Å². The largest absolute Gasteiger partial charge is 0.504 e. The van der Waals surface area contributed by atoms with Crippen LogP contribution in [0, 0.1) is 0 Å². The quantitative estimate of drug-likeness (QED) is 0.170. The van der Waals surface area contributed by atoms with E-state index in [2.05, 4.69) is 71.6 Å². The molecule has 4 aromatic rings. The summed E-state index contributed by atoms with van der Waals surface area (Å²) in [6.07, 6.45) is 4.29. The highest BCUT2D eigenvalue weighted by Gasteiger charge is 2.19. The van der Waals surface area contributed by atoms with E-state index >= 15 is 0 Å². The normalized spacial score (nSPS) is 13.5. The third-order valence-electron chi connectivity index (χ3n) is 7.57. The standard InChI is InChI=1S/C34H40N4O3.C2H4O/c1-34(2,3)28-14-10-25(11-15-28)8-9-26-23-30(33(40-4)31(39)24-26)27-12-16-29(17-13-27)41-36-38-21-19-37(20-22-38)32-7-5-6-18-35-32;1-2-3/h5-7,10-18,23-24,36,39H,8-9,19-22H2,1-4H3;2H,1H3. The topological polar surface area (TPSA) is 87.2 Å². The number of anilines is 1. The number of methoxy groups -OCH3 is 1. The number of hydrazine groups is 1. The number of hydrogen-bond acceptors (Lipinski definition) is 8. The zero-order chi connectivity index (χ0) is 31.5. The van der Waals surface area contributed by atoms with Gasteiger partial charge in [-0.1, -0.05) is 68.8 Å². The summed E-state index contributed by atoms with van der Waals surface area (Å²) in [7, 11) is 1.59. The Kier molecular flexibility index (Phi) is 11.4. The lowest BCUT2D eigenvalue weighted by molar-refractivity contribution is -0.106. The zero-order valence-corrected chi connectivity index (χ0v) is 26.4. The molecule has 1 aromatic heterocycles. The van der Waals surface area contributed by atoms with Crippen LogP contribution in [0.4, 0.5) is 5.82 Å². The fourth-order valence-electron chi connectivity index (χ4n) is 5.09. The number of ether oxygens (including phenoxy) is 1. The van der Waals surface area contributed by atoms with Crippen molar-refractivity contribution in [3.63, 3.8) is 0 Å². The molecular weight excluding hydrogens is 552 g/mol. The van der Waals surface area contributed by atoms with Crippen LogP contribution in [-0.4, -0.2) is 54.7 Å². The van der Waals surface area contributed by atoms with Gasteiger partial charge in [-0.05, 0) is 83.8 Å². The maximum absolute atomic E-state index is 10.8. The first-order valence-electron chi connectivity index (χ1n) is 15.0. The van der Waals surface area contributed by atoms with Gasteiger partial charge in [-0.15, -0.1) is 0 Å². The monoisotopic (exact) mass is 596 g/mol. The Morgan fingerprint density at radius 2 is 1.57 bits per heavy atom. The molecule has 1 aliphatic heterocycles. The summed E-state index contributed by atoms with van der Waals surface area (Å²) in [6, 6.07) is 26.6. The van der Waals surface area contributed by atoms with Crippen molar-refractivity contribution in [3.05, 3.63) is 102 Å². The molecule has 0 unspecified atom stereocenters. The molecule has 0 spiro atoms. The number of aryl methyl sites for hydroxylation is 2. The second-order valence-corrected chi connectivity index (χ2v) is 11.8. The molecule has 2 heterocycles. The molecule has 1 saturated heterocycles. The molecule has 0 saturated carbocycles. The van der Waals surface area contributed by atoms with Crippen molar-refractivity contribution in [2.24, 2.45) is 0 Å². The number of phenols is 1. The van der Waals surface area contributed by atoms with Crippen molar-refractivity contribution >= 4 is 12.1 Å². The molecule has 0 bridgehead atoms. The van der Waals surface area contributed by atoms with Gasteiger partial charge in [-0.25, -0.2) is 9.99 Å². The van der Waals surface area contributed by atoms with Crippen LogP contribution in [0.25, 0.3) is 11.1 Å². The van der Waals surface area contributed by atoms with Gasteiger partial charge in [0.25, 0.3) is 0 Å². The fourth-order valence-corrected chi connectivity index (χ4v) is 5.09. The SMILES string of the molecule is CC=O.COc1c(O)cc(CCc2ccc(C(C)(C)C)cc2)cc1-c1ccc(ONN2CCN(c3ccccn3)CC2)cc1. The fraction of sp³-hybridized carbons (Fsp3) is 0.333. The molecular formula is C36H44N4O4. The minimum atomic E-state index is 0.141. The van der Waals surface area contributed by atoms with Crippen LogP contribution < -0.4 is 20.1 Å². The summed E-state index contributed by atoms with van der Waals surface area (Å²) < 4.78 is 5.58. The maximum atomic E-state index is 10.8. The van der Waals surface area contributed by atoms with Gasteiger partial charge in [0.15, 0.2) is 11.5 Å². The minimum Gasteiger partial charge on any atom is -0.504 e. The number of carbonyl (C=O) groups excluding carboxylic acids is 1. The number of aldehydes is 1. The van der Waals surface area contributed by atoms with Gasteiger partial charge in [0.05, 0.1) is 7.11 Å². The van der Waals surface area contributed by atoms with E-state index in [1.54, 1.807) is 13.2 Å². The van der Waals surface area contributed by atoms with Crippen LogP contribution in [0.15, 0.2) is 85.1 Å². The van der Waals surface area contributed by atoms with E-state index in [1.165, 1.54) is 18.1 Å². The first-order chi connectivity index (χ1) is 21.2. The Morgan fingerprint density at radius 1 is 0.909 bits per heavy atom.